The molecule has 0 aromatic heterocycles. The van der Waals surface area contributed by atoms with Crippen LogP contribution in [0.3, 0.4) is 0 Å². The molecule has 1 aliphatic carbocycles. The maximum atomic E-state index is 11.4. The molecule has 0 bridgehead atoms. The van der Waals surface area contributed by atoms with Crippen molar-refractivity contribution in [3.05, 3.63) is 0 Å². The Balaban J connectivity index is 1.97. The number of amides is 1. The Hall–Kier alpha value is 0.190. The van der Waals surface area contributed by atoms with Crippen molar-refractivity contribution < 1.29 is 14.6 Å². The topological polar surface area (TPSA) is 49.8 Å². The van der Waals surface area contributed by atoms with Crippen LogP contribution in [0.5, 0.6) is 0 Å². The number of ether oxygens (including phenoxy) is 1. The number of halogens is 2. The molecule has 2 aliphatic rings. The van der Waals surface area contributed by atoms with Gasteiger partial charge in [0, 0.05) is 17.8 Å². The smallest absolute Gasteiger partial charge is 0.410 e. The predicted octanol–water partition coefficient (Wildman–Crippen LogP) is 1.35. The largest absolute Gasteiger partial charge is 0.450 e. The summed E-state index contributed by atoms with van der Waals surface area (Å²) in [5.41, 5.74) is 0. The number of hydrogen-bond acceptors (Lipinski definition) is 3. The highest BCUT2D eigenvalue weighted by molar-refractivity contribution is 9.12. The van der Waals surface area contributed by atoms with Gasteiger partial charge >= 0.3 is 6.09 Å². The third-order valence-corrected chi connectivity index (χ3v) is 6.32. The molecule has 0 aromatic rings. The highest BCUT2D eigenvalue weighted by atomic mass is 79.9. The first-order chi connectivity index (χ1) is 7.06. The first-order valence-corrected chi connectivity index (χ1v) is 6.84. The molecule has 1 aliphatic heterocycles. The minimum Gasteiger partial charge on any atom is -0.450 e. The summed E-state index contributed by atoms with van der Waals surface area (Å²) >= 11 is 6.90. The van der Waals surface area contributed by atoms with Gasteiger partial charge in [0.15, 0.2) is 0 Å². The van der Waals surface area contributed by atoms with Crippen molar-refractivity contribution in [2.24, 2.45) is 5.92 Å². The number of piperidine rings is 1. The highest BCUT2D eigenvalue weighted by Gasteiger charge is 2.69. The van der Waals surface area contributed by atoms with Crippen molar-refractivity contribution in [3.63, 3.8) is 0 Å². The van der Waals surface area contributed by atoms with Gasteiger partial charge in [-0.15, -0.1) is 0 Å². The Bertz CT molecular complexity index is 281. The Kier molecular flexibility index (Phi) is 3.03. The van der Waals surface area contributed by atoms with Gasteiger partial charge in [-0.3, -0.25) is 0 Å². The normalized spacial score (nSPS) is 42.7. The zero-order chi connectivity index (χ0) is 11.2. The average Bonchev–Trinajstić information content (AvgIpc) is 2.16. The molecule has 0 aromatic carbocycles. The van der Waals surface area contributed by atoms with Crippen LogP contribution in [0.25, 0.3) is 0 Å². The lowest BCUT2D eigenvalue weighted by atomic mass is 9.61. The molecule has 1 heterocycles. The summed E-state index contributed by atoms with van der Waals surface area (Å²) in [5, 5.41) is 10.6. The van der Waals surface area contributed by atoms with Crippen molar-refractivity contribution in [1.29, 1.82) is 0 Å². The van der Waals surface area contributed by atoms with Crippen LogP contribution >= 0.6 is 31.9 Å². The molecule has 2 fully saturated rings. The van der Waals surface area contributed by atoms with Crippen LogP contribution in [0, 0.1) is 5.92 Å². The summed E-state index contributed by atoms with van der Waals surface area (Å²) in [6.07, 6.45) is -0.832. The number of nitrogens with zero attached hydrogens (tertiary/aromatic N) is 1. The molecule has 0 spiro atoms. The van der Waals surface area contributed by atoms with Gasteiger partial charge in [0.25, 0.3) is 0 Å². The molecule has 0 radical (unpaired) electrons. The summed E-state index contributed by atoms with van der Waals surface area (Å²) in [7, 11) is 0. The number of carbonyl (C=O) groups excluding carboxylic acids is 1. The van der Waals surface area contributed by atoms with Gasteiger partial charge in [-0.05, 0) is 6.92 Å². The Labute approximate surface area is 105 Å². The van der Waals surface area contributed by atoms with Crippen molar-refractivity contribution in [1.82, 2.24) is 4.90 Å². The number of fused-ring (bicyclic) bond motifs is 1. The van der Waals surface area contributed by atoms with E-state index in [0.29, 0.717) is 24.4 Å². The molecule has 4 atom stereocenters. The van der Waals surface area contributed by atoms with Crippen LogP contribution in [0.4, 0.5) is 4.79 Å². The second-order valence-corrected chi connectivity index (χ2v) is 5.99. The second kappa shape index (κ2) is 3.89. The van der Waals surface area contributed by atoms with E-state index >= 15 is 0 Å². The lowest BCUT2D eigenvalue weighted by Crippen LogP contribution is -2.82. The van der Waals surface area contributed by atoms with E-state index in [-0.39, 0.29) is 16.5 Å². The summed E-state index contributed by atoms with van der Waals surface area (Å²) in [5.74, 6) is 0.330. The molecule has 4 nitrogen and oxygen atoms in total. The van der Waals surface area contributed by atoms with E-state index in [4.69, 9.17) is 4.74 Å². The number of aliphatic hydroxyl groups is 1. The molecular formula is C9H13Br2NO3. The first kappa shape index (κ1) is 11.7. The number of likely N-dealkylation sites (tertiary alicyclic amines) is 1. The van der Waals surface area contributed by atoms with Gasteiger partial charge < -0.3 is 14.7 Å². The molecule has 1 amide bonds. The van der Waals surface area contributed by atoms with Crippen molar-refractivity contribution >= 4 is 38.0 Å². The molecule has 0 unspecified atom stereocenters. The fourth-order valence-corrected chi connectivity index (χ4v) is 3.75. The third kappa shape index (κ3) is 1.45. The minimum absolute atomic E-state index is 0.0685. The lowest BCUT2D eigenvalue weighted by molar-refractivity contribution is -0.158. The monoisotopic (exact) mass is 341 g/mol. The quantitative estimate of drug-likeness (QED) is 0.770. The van der Waals surface area contributed by atoms with E-state index in [1.807, 2.05) is 0 Å². The molecule has 86 valence electrons. The number of hydrogen-bond donors (Lipinski definition) is 1. The lowest BCUT2D eigenvalue weighted by Gasteiger charge is -2.66. The van der Waals surface area contributed by atoms with Crippen LogP contribution in [-0.2, 0) is 4.74 Å². The van der Waals surface area contributed by atoms with Gasteiger partial charge in [-0.2, -0.15) is 0 Å². The van der Waals surface area contributed by atoms with Crippen LogP contribution < -0.4 is 0 Å². The predicted molar refractivity (Wildman–Crippen MR) is 62.5 cm³/mol. The van der Waals surface area contributed by atoms with Crippen LogP contribution in [0.2, 0.25) is 0 Å². The summed E-state index contributed by atoms with van der Waals surface area (Å²) in [6.45, 7) is 2.82. The van der Waals surface area contributed by atoms with E-state index in [2.05, 4.69) is 31.9 Å². The van der Waals surface area contributed by atoms with Crippen LogP contribution in [-0.4, -0.2) is 51.1 Å². The van der Waals surface area contributed by atoms with E-state index in [9.17, 15) is 9.90 Å². The molecule has 1 N–H and O–H groups in total. The Morgan fingerprint density at radius 3 is 2.87 bits per heavy atom. The SMILES string of the molecule is CCOC(=O)N1C[C@H]2[C@@H]1[C@H](O)[C@]2(Br)CBr. The van der Waals surface area contributed by atoms with Gasteiger partial charge in [0.2, 0.25) is 0 Å². The third-order valence-electron chi connectivity index (χ3n) is 3.30. The van der Waals surface area contributed by atoms with E-state index < -0.39 is 6.10 Å². The maximum absolute atomic E-state index is 11.4. The molecule has 15 heavy (non-hydrogen) atoms. The standard InChI is InChI=1S/C9H13Br2NO3/c1-2-15-8(14)12-3-5-6(12)7(13)9(5,11)4-10/h5-7,13H,2-4H2,1H3/t5-,6+,7-,9-/m0/s1. The van der Waals surface area contributed by atoms with Gasteiger partial charge in [-0.1, -0.05) is 31.9 Å². The van der Waals surface area contributed by atoms with Crippen LogP contribution in [0.1, 0.15) is 6.92 Å². The summed E-state index contributed by atoms with van der Waals surface area (Å²) in [4.78, 5) is 13.0. The number of aliphatic hydroxyl groups excluding tert-OH is 1. The summed E-state index contributed by atoms with van der Waals surface area (Å²) in [6, 6.07) is -0.0685. The fourth-order valence-electron chi connectivity index (χ4n) is 2.31. The minimum atomic E-state index is -0.514. The first-order valence-electron chi connectivity index (χ1n) is 4.92. The maximum Gasteiger partial charge on any atom is 0.410 e. The number of rotatable bonds is 2. The van der Waals surface area contributed by atoms with Crippen molar-refractivity contribution in [2.75, 3.05) is 18.5 Å². The Morgan fingerprint density at radius 1 is 1.73 bits per heavy atom. The van der Waals surface area contributed by atoms with Crippen molar-refractivity contribution in [3.8, 4) is 0 Å². The second-order valence-electron chi connectivity index (χ2n) is 3.95. The molecule has 1 saturated heterocycles. The van der Waals surface area contributed by atoms with Gasteiger partial charge in [-0.25, -0.2) is 4.79 Å². The number of carbonyl (C=O) groups is 1. The highest BCUT2D eigenvalue weighted by Crippen LogP contribution is 2.55. The molecular weight excluding hydrogens is 330 g/mol. The van der Waals surface area contributed by atoms with Gasteiger partial charge in [0.1, 0.15) is 0 Å². The average molecular weight is 343 g/mol. The molecule has 2 rings (SSSR count). The van der Waals surface area contributed by atoms with Gasteiger partial charge in [0.05, 0.1) is 23.1 Å². The summed E-state index contributed by atoms with van der Waals surface area (Å²) < 4.78 is 4.63. The fraction of sp³-hybridized carbons (Fsp3) is 0.889. The van der Waals surface area contributed by atoms with E-state index in [1.165, 1.54) is 0 Å². The zero-order valence-electron chi connectivity index (χ0n) is 8.32. The van der Waals surface area contributed by atoms with E-state index in [0.717, 1.165) is 0 Å². The van der Waals surface area contributed by atoms with Crippen molar-refractivity contribution in [2.45, 2.75) is 23.4 Å². The van der Waals surface area contributed by atoms with E-state index in [1.54, 1.807) is 11.8 Å². The molecule has 1 saturated carbocycles. The van der Waals surface area contributed by atoms with Crippen LogP contribution in [0.15, 0.2) is 0 Å². The zero-order valence-corrected chi connectivity index (χ0v) is 11.5. The Morgan fingerprint density at radius 2 is 2.40 bits per heavy atom. The number of alkyl halides is 2. The molecule has 6 heteroatoms.